The second-order valence-corrected chi connectivity index (χ2v) is 6.13. The standard InChI is InChI=1S/C14H17N3O2S/c18-13(8-16-10-20-9-14(16)19)17(12-1-2-12)7-11-3-5-15-6-4-11/h3-6,12H,1-2,7-10H2. The quantitative estimate of drug-likeness (QED) is 0.815. The first-order valence-electron chi connectivity index (χ1n) is 6.78. The predicted molar refractivity (Wildman–Crippen MR) is 76.8 cm³/mol. The molecule has 1 saturated carbocycles. The lowest BCUT2D eigenvalue weighted by Crippen LogP contribution is -2.41. The minimum atomic E-state index is 0.0557. The summed E-state index contributed by atoms with van der Waals surface area (Å²) in [5, 5.41) is 0. The van der Waals surface area contributed by atoms with E-state index in [0.717, 1.165) is 18.4 Å². The van der Waals surface area contributed by atoms with E-state index in [1.165, 1.54) is 0 Å². The lowest BCUT2D eigenvalue weighted by molar-refractivity contribution is -0.138. The van der Waals surface area contributed by atoms with Crippen LogP contribution in [0.1, 0.15) is 18.4 Å². The molecule has 0 N–H and O–H groups in total. The van der Waals surface area contributed by atoms with E-state index in [-0.39, 0.29) is 18.4 Å². The molecule has 5 nitrogen and oxygen atoms in total. The van der Waals surface area contributed by atoms with Crippen LogP contribution in [0.15, 0.2) is 24.5 Å². The Morgan fingerprint density at radius 1 is 1.40 bits per heavy atom. The van der Waals surface area contributed by atoms with Gasteiger partial charge in [0.15, 0.2) is 0 Å². The number of aromatic nitrogens is 1. The van der Waals surface area contributed by atoms with Crippen LogP contribution in [0.3, 0.4) is 0 Å². The largest absolute Gasteiger partial charge is 0.334 e. The van der Waals surface area contributed by atoms with Crippen LogP contribution in [0.2, 0.25) is 0 Å². The van der Waals surface area contributed by atoms with Gasteiger partial charge in [-0.25, -0.2) is 0 Å². The van der Waals surface area contributed by atoms with Crippen molar-refractivity contribution in [1.29, 1.82) is 0 Å². The molecular formula is C14H17N3O2S. The number of hydrogen-bond acceptors (Lipinski definition) is 4. The molecule has 106 valence electrons. The Morgan fingerprint density at radius 3 is 2.75 bits per heavy atom. The Balaban J connectivity index is 1.64. The van der Waals surface area contributed by atoms with Gasteiger partial charge in [-0.1, -0.05) is 0 Å². The van der Waals surface area contributed by atoms with Gasteiger partial charge in [-0.3, -0.25) is 14.6 Å². The molecular weight excluding hydrogens is 274 g/mol. The van der Waals surface area contributed by atoms with Crippen LogP contribution in [0.4, 0.5) is 0 Å². The molecule has 0 bridgehead atoms. The van der Waals surface area contributed by atoms with E-state index in [1.54, 1.807) is 29.1 Å². The van der Waals surface area contributed by atoms with E-state index in [4.69, 9.17) is 0 Å². The molecule has 1 saturated heterocycles. The summed E-state index contributed by atoms with van der Waals surface area (Å²) < 4.78 is 0. The van der Waals surface area contributed by atoms with Gasteiger partial charge in [-0.2, -0.15) is 0 Å². The second-order valence-electron chi connectivity index (χ2n) is 5.18. The average molecular weight is 291 g/mol. The first-order chi connectivity index (χ1) is 9.74. The van der Waals surface area contributed by atoms with E-state index >= 15 is 0 Å². The topological polar surface area (TPSA) is 53.5 Å². The molecule has 6 heteroatoms. The predicted octanol–water partition coefficient (Wildman–Crippen LogP) is 1.11. The SMILES string of the molecule is O=C1CSCN1CC(=O)N(Cc1ccncc1)C1CC1. The number of carbonyl (C=O) groups excluding carboxylic acids is 2. The lowest BCUT2D eigenvalue weighted by atomic mass is 10.2. The minimum absolute atomic E-state index is 0.0557. The number of carbonyl (C=O) groups is 2. The molecule has 0 atom stereocenters. The Bertz CT molecular complexity index is 504. The summed E-state index contributed by atoms with van der Waals surface area (Å²) in [5.41, 5.74) is 1.09. The number of hydrogen-bond donors (Lipinski definition) is 0. The van der Waals surface area contributed by atoms with Crippen LogP contribution in [-0.4, -0.2) is 50.8 Å². The van der Waals surface area contributed by atoms with Crippen molar-refractivity contribution < 1.29 is 9.59 Å². The van der Waals surface area contributed by atoms with E-state index in [1.807, 2.05) is 17.0 Å². The molecule has 1 aliphatic carbocycles. The molecule has 0 spiro atoms. The zero-order valence-electron chi connectivity index (χ0n) is 11.2. The summed E-state index contributed by atoms with van der Waals surface area (Å²) in [6.07, 6.45) is 5.62. The first-order valence-corrected chi connectivity index (χ1v) is 7.93. The molecule has 1 aromatic rings. The Hall–Kier alpha value is -1.56. The summed E-state index contributed by atoms with van der Waals surface area (Å²) in [6.45, 7) is 0.828. The van der Waals surface area contributed by atoms with E-state index < -0.39 is 0 Å². The molecule has 3 rings (SSSR count). The van der Waals surface area contributed by atoms with E-state index in [2.05, 4.69) is 4.98 Å². The zero-order chi connectivity index (χ0) is 13.9. The second kappa shape index (κ2) is 5.83. The lowest BCUT2D eigenvalue weighted by Gasteiger charge is -2.25. The van der Waals surface area contributed by atoms with Gasteiger partial charge >= 0.3 is 0 Å². The fourth-order valence-corrected chi connectivity index (χ4v) is 3.19. The third-order valence-electron chi connectivity index (χ3n) is 3.56. The molecule has 1 aliphatic heterocycles. The third kappa shape index (κ3) is 3.12. The van der Waals surface area contributed by atoms with Gasteiger partial charge in [-0.05, 0) is 30.5 Å². The van der Waals surface area contributed by atoms with Crippen molar-refractivity contribution in [3.63, 3.8) is 0 Å². The van der Waals surface area contributed by atoms with Crippen LogP contribution in [0.5, 0.6) is 0 Å². The van der Waals surface area contributed by atoms with Crippen molar-refractivity contribution in [1.82, 2.24) is 14.8 Å². The Kier molecular flexibility index (Phi) is 3.91. The van der Waals surface area contributed by atoms with Gasteiger partial charge < -0.3 is 9.80 Å². The summed E-state index contributed by atoms with van der Waals surface area (Å²) in [4.78, 5) is 31.6. The molecule has 2 amide bonds. The molecule has 0 unspecified atom stereocenters. The highest BCUT2D eigenvalue weighted by atomic mass is 32.2. The first kappa shape index (κ1) is 13.4. The summed E-state index contributed by atoms with van der Waals surface area (Å²) in [6, 6.07) is 4.21. The molecule has 20 heavy (non-hydrogen) atoms. The fourth-order valence-electron chi connectivity index (χ4n) is 2.29. The molecule has 0 aromatic carbocycles. The highest BCUT2D eigenvalue weighted by Crippen LogP contribution is 2.29. The highest BCUT2D eigenvalue weighted by Gasteiger charge is 2.34. The number of rotatable bonds is 5. The number of thioether (sulfide) groups is 1. The van der Waals surface area contributed by atoms with Crippen LogP contribution in [0.25, 0.3) is 0 Å². The van der Waals surface area contributed by atoms with Gasteiger partial charge in [0.1, 0.15) is 6.54 Å². The number of pyridine rings is 1. The number of nitrogens with zero attached hydrogens (tertiary/aromatic N) is 3. The maximum absolute atomic E-state index is 12.4. The molecule has 2 aliphatic rings. The van der Waals surface area contributed by atoms with Crippen molar-refractivity contribution >= 4 is 23.6 Å². The fraction of sp³-hybridized carbons (Fsp3) is 0.500. The normalized spacial score (nSPS) is 18.4. The van der Waals surface area contributed by atoms with Gasteiger partial charge in [0, 0.05) is 25.0 Å². The van der Waals surface area contributed by atoms with Crippen LogP contribution in [0, 0.1) is 0 Å². The third-order valence-corrected chi connectivity index (χ3v) is 4.51. The van der Waals surface area contributed by atoms with Crippen LogP contribution >= 0.6 is 11.8 Å². The van der Waals surface area contributed by atoms with E-state index in [0.29, 0.717) is 24.2 Å². The van der Waals surface area contributed by atoms with Gasteiger partial charge in [0.05, 0.1) is 11.6 Å². The number of amides is 2. The summed E-state index contributed by atoms with van der Waals surface area (Å²) in [5.74, 6) is 1.27. The molecule has 2 heterocycles. The summed E-state index contributed by atoms with van der Waals surface area (Å²) in [7, 11) is 0. The molecule has 1 aromatic heterocycles. The minimum Gasteiger partial charge on any atom is -0.334 e. The maximum atomic E-state index is 12.4. The molecule has 2 fully saturated rings. The van der Waals surface area contributed by atoms with Gasteiger partial charge in [0.2, 0.25) is 11.8 Å². The van der Waals surface area contributed by atoms with Gasteiger partial charge in [0.25, 0.3) is 0 Å². The van der Waals surface area contributed by atoms with Crippen molar-refractivity contribution in [3.05, 3.63) is 30.1 Å². The van der Waals surface area contributed by atoms with Crippen molar-refractivity contribution in [3.8, 4) is 0 Å². The van der Waals surface area contributed by atoms with Crippen LogP contribution in [-0.2, 0) is 16.1 Å². The molecule has 0 radical (unpaired) electrons. The maximum Gasteiger partial charge on any atom is 0.242 e. The van der Waals surface area contributed by atoms with Crippen molar-refractivity contribution in [2.24, 2.45) is 0 Å². The highest BCUT2D eigenvalue weighted by molar-refractivity contribution is 8.00. The van der Waals surface area contributed by atoms with E-state index in [9.17, 15) is 9.59 Å². The Morgan fingerprint density at radius 2 is 2.15 bits per heavy atom. The smallest absolute Gasteiger partial charge is 0.242 e. The van der Waals surface area contributed by atoms with Crippen molar-refractivity contribution in [2.75, 3.05) is 18.2 Å². The van der Waals surface area contributed by atoms with Gasteiger partial charge in [-0.15, -0.1) is 11.8 Å². The average Bonchev–Trinajstić information content (AvgIpc) is 3.22. The Labute approximate surface area is 122 Å². The van der Waals surface area contributed by atoms with Crippen LogP contribution < -0.4 is 0 Å². The zero-order valence-corrected chi connectivity index (χ0v) is 12.0. The van der Waals surface area contributed by atoms with Crippen molar-refractivity contribution in [2.45, 2.75) is 25.4 Å². The summed E-state index contributed by atoms with van der Waals surface area (Å²) >= 11 is 1.57. The monoisotopic (exact) mass is 291 g/mol.